The van der Waals surface area contributed by atoms with Crippen molar-refractivity contribution in [2.24, 2.45) is 0 Å². The topological polar surface area (TPSA) is 58.6 Å². The van der Waals surface area contributed by atoms with E-state index in [4.69, 9.17) is 9.72 Å². The number of piperidine rings is 1. The highest BCUT2D eigenvalue weighted by Gasteiger charge is 2.22. The van der Waals surface area contributed by atoms with Gasteiger partial charge in [0.2, 0.25) is 11.9 Å². The molecule has 6 heteroatoms. The minimum atomic E-state index is 0.146. The number of hydrogen-bond acceptors (Lipinski definition) is 5. The largest absolute Gasteiger partial charge is 0.488 e. The fourth-order valence-corrected chi connectivity index (χ4v) is 3.38. The molecule has 1 aromatic heterocycles. The van der Waals surface area contributed by atoms with Crippen LogP contribution in [0.1, 0.15) is 24.8 Å². The van der Waals surface area contributed by atoms with Crippen LogP contribution < -0.4 is 9.64 Å². The lowest BCUT2D eigenvalue weighted by atomic mass is 10.0. The standard InChI is InChI=1S/C19H22N4O2/c1-22(12-17(24)23-9-5-2-6-10-23)19-20-11-14-13-25-16-8-4-3-7-15(16)18(14)21-19/h3-4,7-8,11H,2,5-6,9-10,12-13H2,1H3. The van der Waals surface area contributed by atoms with E-state index in [1.807, 2.05) is 41.1 Å². The van der Waals surface area contributed by atoms with E-state index >= 15 is 0 Å². The van der Waals surface area contributed by atoms with E-state index in [9.17, 15) is 4.79 Å². The summed E-state index contributed by atoms with van der Waals surface area (Å²) >= 11 is 0. The monoisotopic (exact) mass is 338 g/mol. The van der Waals surface area contributed by atoms with E-state index < -0.39 is 0 Å². The molecule has 0 N–H and O–H groups in total. The number of anilines is 1. The van der Waals surface area contributed by atoms with Gasteiger partial charge < -0.3 is 14.5 Å². The zero-order valence-corrected chi connectivity index (χ0v) is 14.4. The first kappa shape index (κ1) is 15.9. The Morgan fingerprint density at radius 2 is 2.04 bits per heavy atom. The van der Waals surface area contributed by atoms with Crippen molar-refractivity contribution >= 4 is 11.9 Å². The van der Waals surface area contributed by atoms with Crippen LogP contribution in [0.2, 0.25) is 0 Å². The van der Waals surface area contributed by atoms with Crippen LogP contribution in [0.25, 0.3) is 11.3 Å². The van der Waals surface area contributed by atoms with E-state index in [-0.39, 0.29) is 5.91 Å². The zero-order valence-electron chi connectivity index (χ0n) is 14.4. The van der Waals surface area contributed by atoms with Crippen LogP contribution in [0.3, 0.4) is 0 Å². The summed E-state index contributed by atoms with van der Waals surface area (Å²) in [5, 5.41) is 0. The average Bonchev–Trinajstić information content (AvgIpc) is 2.68. The van der Waals surface area contributed by atoms with Crippen LogP contribution >= 0.6 is 0 Å². The smallest absolute Gasteiger partial charge is 0.242 e. The van der Waals surface area contributed by atoms with Gasteiger partial charge >= 0.3 is 0 Å². The Labute approximate surface area is 147 Å². The number of rotatable bonds is 3. The molecule has 4 rings (SSSR count). The second kappa shape index (κ2) is 6.70. The first-order chi connectivity index (χ1) is 12.2. The number of para-hydroxylation sites is 1. The maximum absolute atomic E-state index is 12.5. The van der Waals surface area contributed by atoms with Gasteiger partial charge in [0.05, 0.1) is 12.2 Å². The van der Waals surface area contributed by atoms with Crippen molar-refractivity contribution in [2.75, 3.05) is 31.6 Å². The quantitative estimate of drug-likeness (QED) is 0.860. The number of carbonyl (C=O) groups is 1. The molecule has 1 fully saturated rings. The van der Waals surface area contributed by atoms with E-state index in [1.54, 1.807) is 6.20 Å². The zero-order chi connectivity index (χ0) is 17.2. The molecule has 0 bridgehead atoms. The van der Waals surface area contributed by atoms with Crippen molar-refractivity contribution in [1.82, 2.24) is 14.9 Å². The summed E-state index contributed by atoms with van der Waals surface area (Å²) in [7, 11) is 1.87. The molecule has 0 saturated carbocycles. The number of aromatic nitrogens is 2. The number of hydrogen-bond donors (Lipinski definition) is 0. The van der Waals surface area contributed by atoms with Crippen molar-refractivity contribution in [3.63, 3.8) is 0 Å². The van der Waals surface area contributed by atoms with E-state index in [0.717, 1.165) is 48.5 Å². The Bertz CT molecular complexity index is 787. The Hall–Kier alpha value is -2.63. The van der Waals surface area contributed by atoms with Gasteiger partial charge in [0.25, 0.3) is 0 Å². The van der Waals surface area contributed by atoms with Crippen molar-refractivity contribution in [1.29, 1.82) is 0 Å². The predicted molar refractivity (Wildman–Crippen MR) is 95.5 cm³/mol. The minimum Gasteiger partial charge on any atom is -0.488 e. The Morgan fingerprint density at radius 1 is 1.24 bits per heavy atom. The van der Waals surface area contributed by atoms with Crippen LogP contribution in [0.4, 0.5) is 5.95 Å². The first-order valence-corrected chi connectivity index (χ1v) is 8.79. The molecule has 25 heavy (non-hydrogen) atoms. The summed E-state index contributed by atoms with van der Waals surface area (Å²) < 4.78 is 5.74. The summed E-state index contributed by atoms with van der Waals surface area (Å²) in [5.74, 6) is 1.56. The minimum absolute atomic E-state index is 0.146. The lowest BCUT2D eigenvalue weighted by Gasteiger charge is -2.29. The van der Waals surface area contributed by atoms with E-state index in [2.05, 4.69) is 4.98 Å². The molecule has 1 amide bonds. The average molecular weight is 338 g/mol. The molecule has 0 unspecified atom stereocenters. The van der Waals surface area contributed by atoms with Gasteiger partial charge in [-0.2, -0.15) is 0 Å². The molecule has 0 atom stereocenters. The first-order valence-electron chi connectivity index (χ1n) is 8.79. The second-order valence-corrected chi connectivity index (χ2v) is 6.63. The summed E-state index contributed by atoms with van der Waals surface area (Å²) in [6.07, 6.45) is 5.22. The number of benzene rings is 1. The molecule has 1 saturated heterocycles. The predicted octanol–water partition coefficient (Wildman–Crippen LogP) is 2.48. The number of likely N-dealkylation sites (N-methyl/N-ethyl adjacent to an activating group) is 1. The fourth-order valence-electron chi connectivity index (χ4n) is 3.38. The van der Waals surface area contributed by atoms with Crippen LogP contribution in [0.15, 0.2) is 30.5 Å². The van der Waals surface area contributed by atoms with Gasteiger partial charge in [0.1, 0.15) is 12.4 Å². The van der Waals surface area contributed by atoms with Crippen molar-refractivity contribution in [3.05, 3.63) is 36.0 Å². The van der Waals surface area contributed by atoms with E-state index in [1.165, 1.54) is 6.42 Å². The van der Waals surface area contributed by atoms with Gasteiger partial charge in [0, 0.05) is 37.5 Å². The number of ether oxygens (including phenoxy) is 1. The van der Waals surface area contributed by atoms with Crippen molar-refractivity contribution in [3.8, 4) is 17.0 Å². The highest BCUT2D eigenvalue weighted by molar-refractivity contribution is 5.81. The number of fused-ring (bicyclic) bond motifs is 3. The van der Waals surface area contributed by atoms with Gasteiger partial charge in [0.15, 0.2) is 0 Å². The number of likely N-dealkylation sites (tertiary alicyclic amines) is 1. The summed E-state index contributed by atoms with van der Waals surface area (Å²) in [6.45, 7) is 2.50. The highest BCUT2D eigenvalue weighted by atomic mass is 16.5. The highest BCUT2D eigenvalue weighted by Crippen LogP contribution is 2.36. The normalized spacial score (nSPS) is 15.8. The molecular formula is C19H22N4O2. The third kappa shape index (κ3) is 3.16. The van der Waals surface area contributed by atoms with Crippen LogP contribution in [-0.2, 0) is 11.4 Å². The molecule has 2 aliphatic rings. The molecule has 0 aliphatic carbocycles. The Kier molecular flexibility index (Phi) is 4.26. The number of carbonyl (C=O) groups excluding carboxylic acids is 1. The molecule has 130 valence electrons. The maximum Gasteiger partial charge on any atom is 0.242 e. The Morgan fingerprint density at radius 3 is 2.88 bits per heavy atom. The van der Waals surface area contributed by atoms with Gasteiger partial charge in [-0.15, -0.1) is 0 Å². The number of amides is 1. The third-order valence-electron chi connectivity index (χ3n) is 4.80. The summed E-state index contributed by atoms with van der Waals surface area (Å²) in [4.78, 5) is 25.4. The molecule has 6 nitrogen and oxygen atoms in total. The molecule has 1 aromatic carbocycles. The lowest BCUT2D eigenvalue weighted by Crippen LogP contribution is -2.42. The molecule has 2 aliphatic heterocycles. The lowest BCUT2D eigenvalue weighted by molar-refractivity contribution is -0.130. The van der Waals surface area contributed by atoms with Gasteiger partial charge in [-0.25, -0.2) is 9.97 Å². The van der Waals surface area contributed by atoms with Gasteiger partial charge in [-0.1, -0.05) is 12.1 Å². The van der Waals surface area contributed by atoms with Crippen LogP contribution in [-0.4, -0.2) is 47.5 Å². The summed E-state index contributed by atoms with van der Waals surface area (Å²) in [6, 6.07) is 7.88. The Balaban J connectivity index is 1.54. The number of nitrogens with zero attached hydrogens (tertiary/aromatic N) is 4. The van der Waals surface area contributed by atoms with E-state index in [0.29, 0.717) is 19.1 Å². The molecule has 2 aromatic rings. The van der Waals surface area contributed by atoms with Crippen LogP contribution in [0.5, 0.6) is 5.75 Å². The molecule has 3 heterocycles. The third-order valence-corrected chi connectivity index (χ3v) is 4.80. The fraction of sp³-hybridized carbons (Fsp3) is 0.421. The van der Waals surface area contributed by atoms with Gasteiger partial charge in [-0.05, 0) is 31.4 Å². The van der Waals surface area contributed by atoms with Gasteiger partial charge in [-0.3, -0.25) is 4.79 Å². The SMILES string of the molecule is CN(CC(=O)N1CCCCC1)c1ncc2c(n1)-c1ccccc1OC2. The summed E-state index contributed by atoms with van der Waals surface area (Å²) in [5.41, 5.74) is 2.84. The van der Waals surface area contributed by atoms with Crippen molar-refractivity contribution < 1.29 is 9.53 Å². The maximum atomic E-state index is 12.5. The van der Waals surface area contributed by atoms with Crippen LogP contribution in [0, 0.1) is 0 Å². The van der Waals surface area contributed by atoms with Crippen molar-refractivity contribution in [2.45, 2.75) is 25.9 Å². The molecular weight excluding hydrogens is 316 g/mol. The second-order valence-electron chi connectivity index (χ2n) is 6.63. The molecule has 0 radical (unpaired) electrons. The molecule has 0 spiro atoms.